The zero-order chi connectivity index (χ0) is 43.7. The average molecular weight is 853 g/mol. The number of ether oxygens (including phenoxy) is 2. The smallest absolute Gasteiger partial charge is 0.162 e. The highest BCUT2D eigenvalue weighted by atomic mass is 16.6. The molecule has 10 rings (SSSR count). The molecule has 0 bridgehead atoms. The zero-order valence-corrected chi connectivity index (χ0v) is 38.3. The van der Waals surface area contributed by atoms with Gasteiger partial charge < -0.3 is 41.0 Å². The fraction of sp³-hybridized carbons (Fsp3) is 0.755. The van der Waals surface area contributed by atoms with Gasteiger partial charge in [0.2, 0.25) is 0 Å². The second-order valence-electron chi connectivity index (χ2n) is 23.4. The van der Waals surface area contributed by atoms with Crippen molar-refractivity contribution in [3.63, 3.8) is 0 Å². The van der Waals surface area contributed by atoms with Crippen LogP contribution in [0.4, 0.5) is 0 Å². The summed E-state index contributed by atoms with van der Waals surface area (Å²) in [5.74, 6) is 1.16. The van der Waals surface area contributed by atoms with Crippen molar-refractivity contribution in [1.82, 2.24) is 5.32 Å². The summed E-state index contributed by atoms with van der Waals surface area (Å²) in [5, 5.41) is 52.9. The van der Waals surface area contributed by atoms with Crippen molar-refractivity contribution in [3.05, 3.63) is 70.6 Å². The Balaban J connectivity index is 1.06. The number of fused-ring (bicyclic) bond motifs is 3. The van der Waals surface area contributed by atoms with E-state index in [9.17, 15) is 20.4 Å². The molecule has 3 aliphatic heterocycles. The topological polar surface area (TPSA) is 158 Å². The van der Waals surface area contributed by atoms with Crippen LogP contribution in [0.2, 0.25) is 0 Å². The number of aliphatic hydroxyl groups is 4. The number of Topliss-reactive ketones (excluding diaryl/α,β-unsaturated/α-hetero) is 1. The number of benzene rings is 1. The number of carbonyl (C=O) groups excluding carboxylic acids is 1. The minimum atomic E-state index is -1.37. The van der Waals surface area contributed by atoms with Gasteiger partial charge in [-0.15, -0.1) is 0 Å². The number of nitrogens with two attached hydrogens (primary N) is 1. The van der Waals surface area contributed by atoms with Crippen LogP contribution < -0.4 is 11.1 Å². The molecule has 3 heterocycles. The maximum Gasteiger partial charge on any atom is 0.162 e. The van der Waals surface area contributed by atoms with Crippen molar-refractivity contribution in [2.24, 2.45) is 62.9 Å². The molecule has 1 aromatic rings. The average Bonchev–Trinajstić information content (AvgIpc) is 3.88. The summed E-state index contributed by atoms with van der Waals surface area (Å²) in [6, 6.07) is 10.8. The minimum Gasteiger partial charge on any atom is -0.396 e. The Bertz CT molecular complexity index is 2020. The second kappa shape index (κ2) is 15.0. The first-order chi connectivity index (χ1) is 29.5. The number of aryl methyl sites for hydroxylation is 1. The highest BCUT2D eigenvalue weighted by Crippen LogP contribution is 2.79. The van der Waals surface area contributed by atoms with E-state index in [1.165, 1.54) is 5.56 Å². The lowest BCUT2D eigenvalue weighted by Gasteiger charge is -2.69. The van der Waals surface area contributed by atoms with E-state index in [0.717, 1.165) is 93.8 Å². The van der Waals surface area contributed by atoms with Gasteiger partial charge >= 0.3 is 0 Å². The maximum atomic E-state index is 15.3. The van der Waals surface area contributed by atoms with Crippen LogP contribution in [0, 0.1) is 57.2 Å². The first-order valence-corrected chi connectivity index (χ1v) is 24.7. The molecule has 7 N–H and O–H groups in total. The summed E-state index contributed by atoms with van der Waals surface area (Å²) >= 11 is 0. The second-order valence-corrected chi connectivity index (χ2v) is 23.4. The first-order valence-electron chi connectivity index (χ1n) is 24.7. The van der Waals surface area contributed by atoms with Gasteiger partial charge in [0, 0.05) is 29.9 Å². The molecule has 62 heavy (non-hydrogen) atoms. The molecule has 15 atom stereocenters. The van der Waals surface area contributed by atoms with Gasteiger partial charge in [0.1, 0.15) is 17.8 Å². The Morgan fingerprint density at radius 1 is 1.02 bits per heavy atom. The molecule has 4 saturated carbocycles. The van der Waals surface area contributed by atoms with Gasteiger partial charge in [0.15, 0.2) is 5.78 Å². The van der Waals surface area contributed by atoms with Crippen molar-refractivity contribution >= 4 is 5.78 Å². The number of carbonyl (C=O) groups is 1. The van der Waals surface area contributed by atoms with E-state index in [1.54, 1.807) is 0 Å². The van der Waals surface area contributed by atoms with Crippen molar-refractivity contribution < 1.29 is 34.7 Å². The number of epoxide rings is 1. The van der Waals surface area contributed by atoms with Gasteiger partial charge in [0.25, 0.3) is 0 Å². The van der Waals surface area contributed by atoms with Crippen LogP contribution in [0.5, 0.6) is 0 Å². The van der Waals surface area contributed by atoms with Crippen LogP contribution in [0.25, 0.3) is 0 Å². The minimum absolute atomic E-state index is 0.0210. The molecule has 2 saturated heterocycles. The normalized spacial score (nSPS) is 45.0. The molecule has 1 aromatic carbocycles. The van der Waals surface area contributed by atoms with E-state index in [0.29, 0.717) is 50.6 Å². The van der Waals surface area contributed by atoms with Crippen molar-refractivity contribution in [1.29, 1.82) is 0 Å². The van der Waals surface area contributed by atoms with E-state index < -0.39 is 45.9 Å². The van der Waals surface area contributed by atoms with Crippen LogP contribution in [-0.2, 0) is 20.7 Å². The van der Waals surface area contributed by atoms with E-state index in [-0.39, 0.29) is 52.8 Å². The first kappa shape index (κ1) is 43.4. The van der Waals surface area contributed by atoms with E-state index >= 15 is 4.79 Å². The van der Waals surface area contributed by atoms with Crippen molar-refractivity contribution in [2.75, 3.05) is 19.8 Å². The molecule has 9 heteroatoms. The molecule has 0 amide bonds. The molecule has 6 fully saturated rings. The Hall–Kier alpha value is -2.53. The maximum absolute atomic E-state index is 15.3. The number of hydrogen-bond acceptors (Lipinski definition) is 9. The highest BCUT2D eigenvalue weighted by molar-refractivity contribution is 6.00. The predicted molar refractivity (Wildman–Crippen MR) is 239 cm³/mol. The Morgan fingerprint density at radius 2 is 1.77 bits per heavy atom. The van der Waals surface area contributed by atoms with Gasteiger partial charge in [-0.2, -0.15) is 0 Å². The molecule has 0 aromatic heterocycles. The Kier molecular flexibility index (Phi) is 10.5. The number of rotatable bonds is 11. The molecule has 9 nitrogen and oxygen atoms in total. The Morgan fingerprint density at radius 3 is 2.48 bits per heavy atom. The summed E-state index contributed by atoms with van der Waals surface area (Å²) < 4.78 is 14.2. The standard InChI is InChI=1S/C53H76N2O7/c1-32-19-24-61-52(28-32,46-45(62-46)50(5,59)47(2,31-56)22-17-34-18-23-55-41(54)25-34)40-26-36-15-16-38-43-42(49(4)39(44(38)58)27-37(57)30-51(49)20-9-10-21-51)35(29-48(40,3)53(36,43)60)14-13-33-11-7-6-8-12-33/h6-8,11-12,18,25,32,35-37,39-40,42,45-46,55-57,59-60H,9-10,13-17,19-24,26-31,54H2,1-5H3. The monoisotopic (exact) mass is 853 g/mol. The van der Waals surface area contributed by atoms with Gasteiger partial charge in [-0.05, 0) is 166 Å². The van der Waals surface area contributed by atoms with E-state index in [2.05, 4.69) is 62.5 Å². The van der Waals surface area contributed by atoms with Crippen molar-refractivity contribution in [3.8, 4) is 0 Å². The van der Waals surface area contributed by atoms with E-state index in [4.69, 9.17) is 15.2 Å². The van der Waals surface area contributed by atoms with Crippen molar-refractivity contribution in [2.45, 2.75) is 172 Å². The fourth-order valence-electron chi connectivity index (χ4n) is 17.0. The molecule has 9 aliphatic rings. The SMILES string of the molecule is CC1CCOC(C2OC2C(C)(O)C(C)(CO)CCC2=CCNC(N)=C2)(C2CC3CCC4=C5C(C(CCc6ccccc6)CC2(C)C53O)C2(C)C(CC(O)CC23CCCC3)C4=O)C1. The number of aliphatic hydroxyl groups excluding tert-OH is 2. The quantitative estimate of drug-likeness (QED) is 0.125. The lowest BCUT2D eigenvalue weighted by Crippen LogP contribution is -2.70. The van der Waals surface area contributed by atoms with Gasteiger partial charge in [-0.1, -0.05) is 76.9 Å². The molecule has 0 radical (unpaired) electrons. The number of hydrogen-bond donors (Lipinski definition) is 6. The van der Waals surface area contributed by atoms with Gasteiger partial charge in [-0.3, -0.25) is 4.79 Å². The third-order valence-electron chi connectivity index (χ3n) is 20.5. The number of allylic oxidation sites excluding steroid dienone is 3. The molecule has 15 unspecified atom stereocenters. The molecular weight excluding hydrogens is 777 g/mol. The largest absolute Gasteiger partial charge is 0.396 e. The van der Waals surface area contributed by atoms with Crippen LogP contribution in [0.15, 0.2) is 65.0 Å². The highest BCUT2D eigenvalue weighted by Gasteiger charge is 2.80. The van der Waals surface area contributed by atoms with Crippen LogP contribution >= 0.6 is 0 Å². The van der Waals surface area contributed by atoms with Gasteiger partial charge in [-0.25, -0.2) is 0 Å². The fourth-order valence-corrected chi connectivity index (χ4v) is 17.0. The summed E-state index contributed by atoms with van der Waals surface area (Å²) in [7, 11) is 0. The predicted octanol–water partition coefficient (Wildman–Crippen LogP) is 7.45. The molecular formula is C53H76N2O7. The molecule has 6 aliphatic carbocycles. The van der Waals surface area contributed by atoms with Crippen LogP contribution in [-0.4, -0.2) is 81.1 Å². The molecule has 340 valence electrons. The lowest BCUT2D eigenvalue weighted by atomic mass is 9.35. The summed E-state index contributed by atoms with van der Waals surface area (Å²) in [6.07, 6.45) is 16.1. The third kappa shape index (κ3) is 6.02. The number of nitrogens with one attached hydrogen (secondary N) is 1. The summed E-state index contributed by atoms with van der Waals surface area (Å²) in [5.41, 5.74) is 5.21. The van der Waals surface area contributed by atoms with Crippen LogP contribution in [0.3, 0.4) is 0 Å². The summed E-state index contributed by atoms with van der Waals surface area (Å²) in [4.78, 5) is 15.3. The zero-order valence-electron chi connectivity index (χ0n) is 38.3. The lowest BCUT2D eigenvalue weighted by molar-refractivity contribution is -0.217. The molecule has 1 spiro atoms. The summed E-state index contributed by atoms with van der Waals surface area (Å²) in [6.45, 7) is 12.0. The van der Waals surface area contributed by atoms with E-state index in [1.807, 2.05) is 19.9 Å². The number of ketones is 1. The Labute approximate surface area is 370 Å². The third-order valence-corrected chi connectivity index (χ3v) is 20.5. The number of dihydropyridines is 1. The van der Waals surface area contributed by atoms with Gasteiger partial charge in [0.05, 0.1) is 29.7 Å². The van der Waals surface area contributed by atoms with Crippen LogP contribution in [0.1, 0.15) is 136 Å².